The van der Waals surface area contributed by atoms with Gasteiger partial charge in [-0.25, -0.2) is 0 Å². The molecule has 0 aromatic rings. The molecule has 1 aliphatic heterocycles. The van der Waals surface area contributed by atoms with Crippen molar-refractivity contribution in [1.82, 2.24) is 14.7 Å². The third kappa shape index (κ3) is 17.7. The Morgan fingerprint density at radius 2 is 1.31 bits per heavy atom. The van der Waals surface area contributed by atoms with Crippen LogP contribution in [-0.4, -0.2) is 121 Å². The highest BCUT2D eigenvalue weighted by molar-refractivity contribution is 4.76. The third-order valence-corrected chi connectivity index (χ3v) is 6.30. The van der Waals surface area contributed by atoms with Crippen LogP contribution in [0.5, 0.6) is 0 Å². The summed E-state index contributed by atoms with van der Waals surface area (Å²) in [6.07, 6.45) is 3.38. The molecule has 35 heavy (non-hydrogen) atoms. The average molecular weight is 504 g/mol. The van der Waals surface area contributed by atoms with Gasteiger partial charge >= 0.3 is 0 Å². The van der Waals surface area contributed by atoms with Crippen LogP contribution >= 0.6 is 0 Å². The van der Waals surface area contributed by atoms with E-state index in [2.05, 4.69) is 63.2 Å². The summed E-state index contributed by atoms with van der Waals surface area (Å²) in [5.41, 5.74) is -0.406. The van der Waals surface area contributed by atoms with Gasteiger partial charge in [0.15, 0.2) is 0 Å². The van der Waals surface area contributed by atoms with E-state index in [9.17, 15) is 10.2 Å². The minimum Gasteiger partial charge on any atom is -0.395 e. The van der Waals surface area contributed by atoms with Crippen molar-refractivity contribution >= 4 is 0 Å². The topological polar surface area (TPSA) is 68.6 Å². The number of aliphatic hydroxyl groups is 2. The normalized spacial score (nSPS) is 16.3. The first-order valence-electron chi connectivity index (χ1n) is 14.1. The lowest BCUT2D eigenvalue weighted by atomic mass is 10.1. The molecule has 0 atom stereocenters. The van der Waals surface area contributed by atoms with E-state index in [1.165, 1.54) is 6.42 Å². The standard InChI is InChI=1S/C26H55N3O4.C2H6/c1-23(2)10-8-12-29(24(20-30)21-31)13-9-11-27-14-16-28(17-15-27)18-19-32-26(6,7)22-33-25(3,4)5;1-2/h23-24,30-31H,8-22H2,1-7H3;1-2H3. The monoisotopic (exact) mass is 503 g/mol. The lowest BCUT2D eigenvalue weighted by Crippen LogP contribution is -2.48. The molecule has 0 amide bonds. The van der Waals surface area contributed by atoms with Crippen molar-refractivity contribution in [2.45, 2.75) is 98.8 Å². The van der Waals surface area contributed by atoms with E-state index in [1.54, 1.807) is 0 Å². The molecule has 0 radical (unpaired) electrons. The van der Waals surface area contributed by atoms with E-state index in [4.69, 9.17) is 9.47 Å². The maximum absolute atomic E-state index is 9.63. The summed E-state index contributed by atoms with van der Waals surface area (Å²) in [5, 5.41) is 19.3. The fraction of sp³-hybridized carbons (Fsp3) is 1.00. The number of ether oxygens (including phenoxy) is 2. The molecule has 0 saturated carbocycles. The van der Waals surface area contributed by atoms with Gasteiger partial charge in [-0.1, -0.05) is 27.7 Å². The molecule has 1 rings (SSSR count). The Labute approximate surface area is 218 Å². The summed E-state index contributed by atoms with van der Waals surface area (Å²) in [4.78, 5) is 7.31. The van der Waals surface area contributed by atoms with Crippen LogP contribution in [0.25, 0.3) is 0 Å². The molecule has 0 spiro atoms. The molecular formula is C28H61N3O4. The van der Waals surface area contributed by atoms with Crippen molar-refractivity contribution in [3.8, 4) is 0 Å². The fourth-order valence-electron chi connectivity index (χ4n) is 4.09. The highest BCUT2D eigenvalue weighted by Crippen LogP contribution is 2.16. The zero-order valence-electron chi connectivity index (χ0n) is 24.8. The molecule has 1 heterocycles. The number of aliphatic hydroxyl groups excluding tert-OH is 2. The molecule has 1 aliphatic rings. The molecule has 0 aliphatic carbocycles. The lowest BCUT2D eigenvalue weighted by Gasteiger charge is -2.36. The van der Waals surface area contributed by atoms with Crippen LogP contribution in [0.2, 0.25) is 0 Å². The van der Waals surface area contributed by atoms with Crippen LogP contribution in [0.3, 0.4) is 0 Å². The Hall–Kier alpha value is -0.280. The van der Waals surface area contributed by atoms with Crippen LogP contribution in [0.15, 0.2) is 0 Å². The summed E-state index contributed by atoms with van der Waals surface area (Å²) in [7, 11) is 0. The van der Waals surface area contributed by atoms with E-state index in [-0.39, 0.29) is 30.5 Å². The maximum atomic E-state index is 9.63. The Morgan fingerprint density at radius 3 is 1.80 bits per heavy atom. The van der Waals surface area contributed by atoms with Gasteiger partial charge in [0.2, 0.25) is 0 Å². The lowest BCUT2D eigenvalue weighted by molar-refractivity contribution is -0.117. The van der Waals surface area contributed by atoms with Crippen molar-refractivity contribution < 1.29 is 19.7 Å². The SMILES string of the molecule is CC.CC(C)CCCN(CCCN1CCN(CCOC(C)(C)COC(C)(C)C)CC1)C(CO)CO. The summed E-state index contributed by atoms with van der Waals surface area (Å²) in [5.74, 6) is 0.693. The molecule has 2 N–H and O–H groups in total. The van der Waals surface area contributed by atoms with Gasteiger partial charge in [-0.15, -0.1) is 0 Å². The van der Waals surface area contributed by atoms with Crippen LogP contribution in [0, 0.1) is 5.92 Å². The first kappa shape index (κ1) is 34.7. The first-order chi connectivity index (χ1) is 16.5. The second-order valence-electron chi connectivity index (χ2n) is 11.6. The summed E-state index contributed by atoms with van der Waals surface area (Å²) in [6.45, 7) is 28.6. The van der Waals surface area contributed by atoms with Crippen LogP contribution in [0.4, 0.5) is 0 Å². The Kier molecular flexibility index (Phi) is 18.7. The molecule has 1 fully saturated rings. The maximum Gasteiger partial charge on any atom is 0.0859 e. The number of piperazine rings is 1. The summed E-state index contributed by atoms with van der Waals surface area (Å²) >= 11 is 0. The molecule has 0 bridgehead atoms. The molecule has 7 nitrogen and oxygen atoms in total. The Morgan fingerprint density at radius 1 is 0.800 bits per heavy atom. The van der Waals surface area contributed by atoms with Crippen molar-refractivity contribution in [2.75, 3.05) is 78.8 Å². The second-order valence-corrected chi connectivity index (χ2v) is 11.6. The molecular weight excluding hydrogens is 442 g/mol. The van der Waals surface area contributed by atoms with Crippen molar-refractivity contribution in [3.05, 3.63) is 0 Å². The summed E-state index contributed by atoms with van der Waals surface area (Å²) in [6, 6.07) is -0.132. The Bertz CT molecular complexity index is 485. The fourth-order valence-corrected chi connectivity index (χ4v) is 4.09. The molecule has 0 aromatic heterocycles. The largest absolute Gasteiger partial charge is 0.395 e. The number of nitrogens with zero attached hydrogens (tertiary/aromatic N) is 3. The molecule has 0 unspecified atom stereocenters. The van der Waals surface area contributed by atoms with Gasteiger partial charge in [0.05, 0.1) is 43.7 Å². The average Bonchev–Trinajstić information content (AvgIpc) is 2.80. The number of hydrogen-bond donors (Lipinski definition) is 2. The van der Waals surface area contributed by atoms with Crippen molar-refractivity contribution in [3.63, 3.8) is 0 Å². The van der Waals surface area contributed by atoms with Gasteiger partial charge in [0.25, 0.3) is 0 Å². The van der Waals surface area contributed by atoms with Crippen LogP contribution < -0.4 is 0 Å². The van der Waals surface area contributed by atoms with E-state index in [1.807, 2.05) is 13.8 Å². The first-order valence-corrected chi connectivity index (χ1v) is 14.1. The van der Waals surface area contributed by atoms with Gasteiger partial charge in [-0.2, -0.15) is 0 Å². The van der Waals surface area contributed by atoms with E-state index in [0.717, 1.165) is 71.8 Å². The highest BCUT2D eigenvalue weighted by atomic mass is 16.6. The number of hydrogen-bond acceptors (Lipinski definition) is 7. The zero-order chi connectivity index (χ0) is 26.9. The quantitative estimate of drug-likeness (QED) is 0.313. The molecule has 0 aromatic carbocycles. The summed E-state index contributed by atoms with van der Waals surface area (Å²) < 4.78 is 12.0. The minimum absolute atomic E-state index is 0.0259. The van der Waals surface area contributed by atoms with Crippen molar-refractivity contribution in [2.24, 2.45) is 5.92 Å². The van der Waals surface area contributed by atoms with Gasteiger partial charge < -0.3 is 24.6 Å². The van der Waals surface area contributed by atoms with Gasteiger partial charge in [-0.3, -0.25) is 9.80 Å². The van der Waals surface area contributed by atoms with Gasteiger partial charge in [0, 0.05) is 32.7 Å². The van der Waals surface area contributed by atoms with Crippen molar-refractivity contribution in [1.29, 1.82) is 0 Å². The molecule has 212 valence electrons. The smallest absolute Gasteiger partial charge is 0.0859 e. The van der Waals surface area contributed by atoms with E-state index < -0.39 is 0 Å². The minimum atomic E-state index is -0.267. The number of rotatable bonds is 17. The van der Waals surface area contributed by atoms with Gasteiger partial charge in [-0.05, 0) is 79.4 Å². The third-order valence-electron chi connectivity index (χ3n) is 6.30. The second kappa shape index (κ2) is 18.9. The molecule has 7 heteroatoms. The van der Waals surface area contributed by atoms with Crippen LogP contribution in [0.1, 0.15) is 81.6 Å². The molecule has 1 saturated heterocycles. The van der Waals surface area contributed by atoms with Gasteiger partial charge in [0.1, 0.15) is 0 Å². The predicted molar refractivity (Wildman–Crippen MR) is 148 cm³/mol. The van der Waals surface area contributed by atoms with E-state index >= 15 is 0 Å². The zero-order valence-corrected chi connectivity index (χ0v) is 24.8. The highest BCUT2D eigenvalue weighted by Gasteiger charge is 2.24. The predicted octanol–water partition coefficient (Wildman–Crippen LogP) is 3.72. The van der Waals surface area contributed by atoms with E-state index in [0.29, 0.717) is 12.5 Å². The van der Waals surface area contributed by atoms with Crippen LogP contribution in [-0.2, 0) is 9.47 Å². The Balaban J connectivity index is 0.00000562.